The number of nitrogens with zero attached hydrogens (tertiary/aromatic N) is 1. The number of carbonyl (C=O) groups excluding carboxylic acids is 2. The smallest absolute Gasteiger partial charge is 0.242 e. The van der Waals surface area contributed by atoms with E-state index in [0.29, 0.717) is 32.1 Å². The third-order valence-electron chi connectivity index (χ3n) is 6.15. The first-order chi connectivity index (χ1) is 15.1. The highest BCUT2D eigenvalue weighted by atomic mass is 16.5. The summed E-state index contributed by atoms with van der Waals surface area (Å²) in [6.07, 6.45) is 6.89. The van der Waals surface area contributed by atoms with Gasteiger partial charge in [0.15, 0.2) is 0 Å². The van der Waals surface area contributed by atoms with E-state index in [2.05, 4.69) is 22.5 Å². The van der Waals surface area contributed by atoms with Crippen LogP contribution in [-0.4, -0.2) is 42.6 Å². The second-order valence-electron chi connectivity index (χ2n) is 8.55. The second kappa shape index (κ2) is 11.8. The van der Waals surface area contributed by atoms with Crippen molar-refractivity contribution in [1.82, 2.24) is 15.6 Å². The Hall–Kier alpha value is -2.47. The van der Waals surface area contributed by atoms with Crippen LogP contribution in [0.2, 0.25) is 0 Å². The van der Waals surface area contributed by atoms with Gasteiger partial charge in [-0.2, -0.15) is 0 Å². The zero-order valence-electron chi connectivity index (χ0n) is 18.7. The van der Waals surface area contributed by atoms with Crippen LogP contribution in [0.25, 0.3) is 10.9 Å². The highest BCUT2D eigenvalue weighted by Gasteiger charge is 2.28. The molecule has 1 saturated carbocycles. The maximum Gasteiger partial charge on any atom is 0.242 e. The highest BCUT2D eigenvalue weighted by Crippen LogP contribution is 2.28. The first kappa shape index (κ1) is 23.2. The molecule has 2 amide bonds. The molecule has 1 fully saturated rings. The van der Waals surface area contributed by atoms with Crippen molar-refractivity contribution < 1.29 is 14.3 Å². The van der Waals surface area contributed by atoms with Gasteiger partial charge in [0.25, 0.3) is 0 Å². The molecule has 1 atom stereocenters. The van der Waals surface area contributed by atoms with E-state index in [1.807, 2.05) is 37.3 Å². The number of nitrogens with one attached hydrogen (secondary N) is 2. The van der Waals surface area contributed by atoms with Crippen LogP contribution >= 0.6 is 0 Å². The molecule has 1 aromatic carbocycles. The van der Waals surface area contributed by atoms with Crippen molar-refractivity contribution >= 4 is 22.7 Å². The van der Waals surface area contributed by atoms with E-state index in [1.165, 1.54) is 0 Å². The fraction of sp³-hybridized carbons (Fsp3) is 0.560. The zero-order valence-corrected chi connectivity index (χ0v) is 18.7. The molecule has 31 heavy (non-hydrogen) atoms. The van der Waals surface area contributed by atoms with Gasteiger partial charge >= 0.3 is 0 Å². The Kier molecular flexibility index (Phi) is 8.83. The van der Waals surface area contributed by atoms with Crippen LogP contribution in [0.3, 0.4) is 0 Å². The first-order valence-electron chi connectivity index (χ1n) is 11.6. The molecule has 0 radical (unpaired) electrons. The summed E-state index contributed by atoms with van der Waals surface area (Å²) in [6.45, 7) is 6.00. The molecule has 6 heteroatoms. The predicted octanol–water partition coefficient (Wildman–Crippen LogP) is 3.63. The van der Waals surface area contributed by atoms with Crippen LogP contribution in [-0.2, 0) is 20.7 Å². The predicted molar refractivity (Wildman–Crippen MR) is 123 cm³/mol. The number of ether oxygens (including phenoxy) is 1. The van der Waals surface area contributed by atoms with Gasteiger partial charge < -0.3 is 15.4 Å². The van der Waals surface area contributed by atoms with Crippen molar-refractivity contribution in [3.05, 3.63) is 42.1 Å². The summed E-state index contributed by atoms with van der Waals surface area (Å²) in [4.78, 5) is 30.4. The number of hydrogen-bond acceptors (Lipinski definition) is 4. The Bertz CT molecular complexity index is 857. The molecular formula is C25H35N3O3. The normalized spacial score (nSPS) is 19.7. The van der Waals surface area contributed by atoms with Gasteiger partial charge in [0.05, 0.1) is 5.52 Å². The van der Waals surface area contributed by atoms with Crippen LogP contribution in [0, 0.1) is 11.8 Å². The summed E-state index contributed by atoms with van der Waals surface area (Å²) in [7, 11) is 0. The summed E-state index contributed by atoms with van der Waals surface area (Å²) in [5, 5.41) is 7.05. The van der Waals surface area contributed by atoms with E-state index in [-0.39, 0.29) is 17.7 Å². The molecule has 1 aliphatic rings. The topological polar surface area (TPSA) is 80.3 Å². The molecule has 0 spiro atoms. The number of amides is 2. The van der Waals surface area contributed by atoms with E-state index >= 15 is 0 Å². The zero-order chi connectivity index (χ0) is 22.1. The summed E-state index contributed by atoms with van der Waals surface area (Å²) < 4.78 is 5.34. The Morgan fingerprint density at radius 1 is 1.16 bits per heavy atom. The minimum absolute atomic E-state index is 0.000252. The molecule has 2 aromatic rings. The highest BCUT2D eigenvalue weighted by molar-refractivity contribution is 5.90. The van der Waals surface area contributed by atoms with E-state index < -0.39 is 6.04 Å². The number of para-hydroxylation sites is 1. The number of aromatic nitrogens is 1. The SMILES string of the molecule is CCOCCCNC(=O)C(Cc1ccnc2ccccc12)NC(=O)C1CCC(C)CC1. The number of hydrogen-bond donors (Lipinski definition) is 2. The molecule has 6 nitrogen and oxygen atoms in total. The third kappa shape index (κ3) is 6.76. The Labute approximate surface area is 185 Å². The maximum absolute atomic E-state index is 13.0. The average molecular weight is 426 g/mol. The quantitative estimate of drug-likeness (QED) is 0.570. The van der Waals surface area contributed by atoms with Gasteiger partial charge in [0, 0.05) is 43.7 Å². The molecule has 0 aliphatic heterocycles. The molecule has 1 aromatic heterocycles. The fourth-order valence-electron chi connectivity index (χ4n) is 4.23. The van der Waals surface area contributed by atoms with Crippen molar-refractivity contribution in [2.75, 3.05) is 19.8 Å². The van der Waals surface area contributed by atoms with Gasteiger partial charge in [-0.3, -0.25) is 14.6 Å². The van der Waals surface area contributed by atoms with Gasteiger partial charge in [-0.05, 0) is 62.6 Å². The molecule has 3 rings (SSSR count). The van der Waals surface area contributed by atoms with E-state index in [4.69, 9.17) is 4.74 Å². The maximum atomic E-state index is 13.0. The van der Waals surface area contributed by atoms with E-state index in [0.717, 1.165) is 48.6 Å². The van der Waals surface area contributed by atoms with Crippen molar-refractivity contribution in [3.63, 3.8) is 0 Å². The van der Waals surface area contributed by atoms with E-state index in [9.17, 15) is 9.59 Å². The summed E-state index contributed by atoms with van der Waals surface area (Å²) >= 11 is 0. The van der Waals surface area contributed by atoms with Gasteiger partial charge in [-0.15, -0.1) is 0 Å². The summed E-state index contributed by atoms with van der Waals surface area (Å²) in [5.74, 6) is 0.532. The molecule has 1 unspecified atom stereocenters. The van der Waals surface area contributed by atoms with Crippen molar-refractivity contribution in [2.24, 2.45) is 11.8 Å². The lowest BCUT2D eigenvalue weighted by molar-refractivity contribution is -0.131. The molecular weight excluding hydrogens is 390 g/mol. The molecule has 168 valence electrons. The Morgan fingerprint density at radius 2 is 1.94 bits per heavy atom. The second-order valence-corrected chi connectivity index (χ2v) is 8.55. The minimum atomic E-state index is -0.607. The average Bonchev–Trinajstić information content (AvgIpc) is 2.79. The van der Waals surface area contributed by atoms with Crippen molar-refractivity contribution in [1.29, 1.82) is 0 Å². The van der Waals surface area contributed by atoms with Crippen LogP contribution in [0.1, 0.15) is 51.5 Å². The van der Waals surface area contributed by atoms with Gasteiger partial charge in [-0.1, -0.05) is 25.1 Å². The standard InChI is InChI=1S/C25H35N3O3/c1-3-31-16-6-14-27-25(30)23(28-24(29)19-11-9-18(2)10-12-19)17-20-13-15-26-22-8-5-4-7-21(20)22/h4-5,7-8,13,15,18-19,23H,3,6,9-12,14,16-17H2,1-2H3,(H,27,30)(H,28,29). The largest absolute Gasteiger partial charge is 0.382 e. The van der Waals surface area contributed by atoms with Crippen LogP contribution in [0.4, 0.5) is 0 Å². The fourth-order valence-corrected chi connectivity index (χ4v) is 4.23. The summed E-state index contributed by atoms with van der Waals surface area (Å²) in [6, 6.07) is 9.23. The number of carbonyl (C=O) groups is 2. The first-order valence-corrected chi connectivity index (χ1v) is 11.6. The number of fused-ring (bicyclic) bond motifs is 1. The molecule has 0 bridgehead atoms. The minimum Gasteiger partial charge on any atom is -0.382 e. The summed E-state index contributed by atoms with van der Waals surface area (Å²) in [5.41, 5.74) is 1.90. The van der Waals surface area contributed by atoms with Crippen LogP contribution in [0.15, 0.2) is 36.5 Å². The lowest BCUT2D eigenvalue weighted by Crippen LogP contribution is -2.50. The van der Waals surface area contributed by atoms with Gasteiger partial charge in [0.1, 0.15) is 6.04 Å². The number of rotatable bonds is 10. The molecule has 2 N–H and O–H groups in total. The number of pyridine rings is 1. The Balaban J connectivity index is 1.70. The van der Waals surface area contributed by atoms with E-state index in [1.54, 1.807) is 6.20 Å². The van der Waals surface area contributed by atoms with Crippen molar-refractivity contribution in [3.8, 4) is 0 Å². The number of benzene rings is 1. The molecule has 1 heterocycles. The van der Waals surface area contributed by atoms with Crippen molar-refractivity contribution in [2.45, 2.75) is 58.4 Å². The molecule has 0 saturated heterocycles. The monoisotopic (exact) mass is 425 g/mol. The van der Waals surface area contributed by atoms with Gasteiger partial charge in [-0.25, -0.2) is 0 Å². The van der Waals surface area contributed by atoms with Gasteiger partial charge in [0.2, 0.25) is 11.8 Å². The lowest BCUT2D eigenvalue weighted by Gasteiger charge is -2.27. The molecule has 1 aliphatic carbocycles. The Morgan fingerprint density at radius 3 is 2.71 bits per heavy atom. The van der Waals surface area contributed by atoms with Crippen LogP contribution in [0.5, 0.6) is 0 Å². The lowest BCUT2D eigenvalue weighted by atomic mass is 9.82. The third-order valence-corrected chi connectivity index (χ3v) is 6.15. The van der Waals surface area contributed by atoms with Crippen LogP contribution < -0.4 is 10.6 Å².